The van der Waals surface area contributed by atoms with Crippen molar-refractivity contribution >= 4 is 11.4 Å². The van der Waals surface area contributed by atoms with Gasteiger partial charge in [-0.2, -0.15) is 0 Å². The van der Waals surface area contributed by atoms with Crippen molar-refractivity contribution in [1.82, 2.24) is 0 Å². The van der Waals surface area contributed by atoms with E-state index in [1.54, 1.807) is 0 Å². The minimum atomic E-state index is 0.593. The third kappa shape index (κ3) is 2.54. The second-order valence-corrected chi connectivity index (χ2v) is 4.72. The standard InChI is InChI=1S/C16H20N2/c1-12-4-7-15(8-5-12)18(3)16-9-6-14(11-17)10-13(16)2/h4-10H,11,17H2,1-3H3. The zero-order chi connectivity index (χ0) is 13.1. The number of anilines is 2. The van der Waals surface area contributed by atoms with Gasteiger partial charge in [-0.05, 0) is 43.2 Å². The molecule has 2 aromatic carbocycles. The third-order valence-corrected chi connectivity index (χ3v) is 3.28. The molecule has 0 aliphatic heterocycles. The van der Waals surface area contributed by atoms with E-state index in [4.69, 9.17) is 5.73 Å². The van der Waals surface area contributed by atoms with Crippen LogP contribution >= 0.6 is 0 Å². The SMILES string of the molecule is Cc1ccc(N(C)c2ccc(CN)cc2C)cc1. The second kappa shape index (κ2) is 5.23. The van der Waals surface area contributed by atoms with E-state index >= 15 is 0 Å². The van der Waals surface area contributed by atoms with E-state index in [0.717, 1.165) is 0 Å². The molecule has 0 unspecified atom stereocenters. The molecule has 0 aliphatic rings. The van der Waals surface area contributed by atoms with E-state index in [0.29, 0.717) is 6.54 Å². The van der Waals surface area contributed by atoms with Crippen LogP contribution in [0.4, 0.5) is 11.4 Å². The fourth-order valence-corrected chi connectivity index (χ4v) is 2.13. The third-order valence-electron chi connectivity index (χ3n) is 3.28. The fourth-order valence-electron chi connectivity index (χ4n) is 2.13. The van der Waals surface area contributed by atoms with Gasteiger partial charge >= 0.3 is 0 Å². The van der Waals surface area contributed by atoms with Crippen molar-refractivity contribution in [2.75, 3.05) is 11.9 Å². The van der Waals surface area contributed by atoms with Crippen LogP contribution in [-0.2, 0) is 6.54 Å². The van der Waals surface area contributed by atoms with Crippen LogP contribution in [-0.4, -0.2) is 7.05 Å². The van der Waals surface area contributed by atoms with Gasteiger partial charge < -0.3 is 10.6 Å². The van der Waals surface area contributed by atoms with Gasteiger partial charge in [0.25, 0.3) is 0 Å². The zero-order valence-electron chi connectivity index (χ0n) is 11.3. The largest absolute Gasteiger partial charge is 0.344 e. The zero-order valence-corrected chi connectivity index (χ0v) is 11.3. The van der Waals surface area contributed by atoms with Crippen LogP contribution in [0.2, 0.25) is 0 Å². The normalized spacial score (nSPS) is 10.4. The smallest absolute Gasteiger partial charge is 0.0438 e. The molecule has 2 heteroatoms. The Kier molecular flexibility index (Phi) is 3.68. The summed E-state index contributed by atoms with van der Waals surface area (Å²) >= 11 is 0. The first-order valence-corrected chi connectivity index (χ1v) is 6.22. The van der Waals surface area contributed by atoms with Crippen LogP contribution in [0, 0.1) is 13.8 Å². The highest BCUT2D eigenvalue weighted by Gasteiger charge is 2.07. The van der Waals surface area contributed by atoms with Crippen LogP contribution in [0.3, 0.4) is 0 Å². The van der Waals surface area contributed by atoms with Crippen molar-refractivity contribution in [2.45, 2.75) is 20.4 Å². The number of rotatable bonds is 3. The lowest BCUT2D eigenvalue weighted by molar-refractivity contribution is 1.06. The van der Waals surface area contributed by atoms with Gasteiger partial charge in [-0.1, -0.05) is 29.8 Å². The molecule has 2 rings (SSSR count). The van der Waals surface area contributed by atoms with E-state index in [1.165, 1.54) is 28.1 Å². The van der Waals surface area contributed by atoms with Gasteiger partial charge in [0.05, 0.1) is 0 Å². The van der Waals surface area contributed by atoms with Gasteiger partial charge in [-0.15, -0.1) is 0 Å². The molecular weight excluding hydrogens is 220 g/mol. The molecule has 0 saturated heterocycles. The molecule has 0 amide bonds. The Hall–Kier alpha value is -1.80. The Morgan fingerprint density at radius 3 is 2.22 bits per heavy atom. The first kappa shape index (κ1) is 12.7. The van der Waals surface area contributed by atoms with Crippen LogP contribution in [0.5, 0.6) is 0 Å². The number of nitrogens with two attached hydrogens (primary N) is 1. The van der Waals surface area contributed by atoms with Crippen molar-refractivity contribution in [2.24, 2.45) is 5.73 Å². The van der Waals surface area contributed by atoms with E-state index in [-0.39, 0.29) is 0 Å². The lowest BCUT2D eigenvalue weighted by Gasteiger charge is -2.22. The minimum Gasteiger partial charge on any atom is -0.344 e. The Morgan fingerprint density at radius 2 is 1.67 bits per heavy atom. The fraction of sp³-hybridized carbons (Fsp3) is 0.250. The molecule has 0 spiro atoms. The molecule has 2 N–H and O–H groups in total. The summed E-state index contributed by atoms with van der Waals surface area (Å²) < 4.78 is 0. The van der Waals surface area contributed by atoms with Crippen LogP contribution in [0.1, 0.15) is 16.7 Å². The number of hydrogen-bond acceptors (Lipinski definition) is 2. The molecule has 0 aliphatic carbocycles. The number of aryl methyl sites for hydroxylation is 2. The average molecular weight is 240 g/mol. The monoisotopic (exact) mass is 240 g/mol. The van der Waals surface area contributed by atoms with E-state index in [1.807, 2.05) is 0 Å². The van der Waals surface area contributed by atoms with E-state index in [2.05, 4.69) is 68.3 Å². The van der Waals surface area contributed by atoms with E-state index in [9.17, 15) is 0 Å². The van der Waals surface area contributed by atoms with Crippen molar-refractivity contribution in [3.8, 4) is 0 Å². The Balaban J connectivity index is 2.33. The molecule has 0 fully saturated rings. The van der Waals surface area contributed by atoms with Crippen LogP contribution < -0.4 is 10.6 Å². The Bertz CT molecular complexity index is 529. The predicted octanol–water partition coefficient (Wildman–Crippen LogP) is 3.53. The second-order valence-electron chi connectivity index (χ2n) is 4.72. The minimum absolute atomic E-state index is 0.593. The molecule has 0 bridgehead atoms. The maximum absolute atomic E-state index is 5.66. The molecule has 94 valence electrons. The number of benzene rings is 2. The van der Waals surface area contributed by atoms with Crippen molar-refractivity contribution in [1.29, 1.82) is 0 Å². The average Bonchev–Trinajstić information content (AvgIpc) is 2.38. The quantitative estimate of drug-likeness (QED) is 0.889. The van der Waals surface area contributed by atoms with Crippen molar-refractivity contribution < 1.29 is 0 Å². The number of hydrogen-bond donors (Lipinski definition) is 1. The van der Waals surface area contributed by atoms with Crippen molar-refractivity contribution in [3.05, 3.63) is 59.2 Å². The molecule has 2 nitrogen and oxygen atoms in total. The summed E-state index contributed by atoms with van der Waals surface area (Å²) in [4.78, 5) is 2.20. The summed E-state index contributed by atoms with van der Waals surface area (Å²) in [5.74, 6) is 0. The summed E-state index contributed by atoms with van der Waals surface area (Å²) in [5.41, 5.74) is 11.8. The molecule has 2 aromatic rings. The molecule has 0 atom stereocenters. The maximum atomic E-state index is 5.66. The van der Waals surface area contributed by atoms with Gasteiger partial charge in [0.1, 0.15) is 0 Å². The summed E-state index contributed by atoms with van der Waals surface area (Å²) in [6.45, 7) is 4.82. The molecule has 0 aromatic heterocycles. The first-order chi connectivity index (χ1) is 8.61. The lowest BCUT2D eigenvalue weighted by atomic mass is 10.1. The first-order valence-electron chi connectivity index (χ1n) is 6.22. The molecule has 18 heavy (non-hydrogen) atoms. The van der Waals surface area contributed by atoms with Crippen LogP contribution in [0.15, 0.2) is 42.5 Å². The molecule has 0 heterocycles. The molecular formula is C16H20N2. The van der Waals surface area contributed by atoms with Crippen molar-refractivity contribution in [3.63, 3.8) is 0 Å². The molecule has 0 saturated carbocycles. The highest BCUT2D eigenvalue weighted by Crippen LogP contribution is 2.27. The summed E-state index contributed by atoms with van der Waals surface area (Å²) in [6.07, 6.45) is 0. The van der Waals surface area contributed by atoms with Gasteiger partial charge in [-0.3, -0.25) is 0 Å². The van der Waals surface area contributed by atoms with Gasteiger partial charge in [0.15, 0.2) is 0 Å². The van der Waals surface area contributed by atoms with Crippen LogP contribution in [0.25, 0.3) is 0 Å². The highest BCUT2D eigenvalue weighted by atomic mass is 15.1. The summed E-state index contributed by atoms with van der Waals surface area (Å²) in [5, 5.41) is 0. The van der Waals surface area contributed by atoms with Gasteiger partial charge in [-0.25, -0.2) is 0 Å². The van der Waals surface area contributed by atoms with Gasteiger partial charge in [0.2, 0.25) is 0 Å². The Labute approximate surface area is 109 Å². The van der Waals surface area contributed by atoms with E-state index < -0.39 is 0 Å². The number of nitrogens with zero attached hydrogens (tertiary/aromatic N) is 1. The predicted molar refractivity (Wildman–Crippen MR) is 78.3 cm³/mol. The molecule has 0 radical (unpaired) electrons. The summed E-state index contributed by atoms with van der Waals surface area (Å²) in [6, 6.07) is 14.9. The summed E-state index contributed by atoms with van der Waals surface area (Å²) in [7, 11) is 2.09. The highest BCUT2D eigenvalue weighted by molar-refractivity contribution is 5.66. The maximum Gasteiger partial charge on any atom is 0.0438 e. The van der Waals surface area contributed by atoms with Gasteiger partial charge in [0, 0.05) is 25.0 Å². The Morgan fingerprint density at radius 1 is 1.00 bits per heavy atom. The lowest BCUT2D eigenvalue weighted by Crippen LogP contribution is -2.11. The topological polar surface area (TPSA) is 29.3 Å².